The number of nitrogens with one attached hydrogen (secondary N) is 2. The van der Waals surface area contributed by atoms with Crippen molar-refractivity contribution in [2.75, 3.05) is 16.4 Å². The second-order valence-electron chi connectivity index (χ2n) is 7.53. The van der Waals surface area contributed by atoms with Gasteiger partial charge in [-0.25, -0.2) is 4.68 Å². The zero-order valence-electron chi connectivity index (χ0n) is 18.1. The number of fused-ring (bicyclic) bond motifs is 1. The number of amides is 1. The molecule has 3 heterocycles. The summed E-state index contributed by atoms with van der Waals surface area (Å²) >= 11 is 1.61. The Morgan fingerprint density at radius 2 is 2.03 bits per heavy atom. The summed E-state index contributed by atoms with van der Waals surface area (Å²) in [6.45, 7) is 8.06. The van der Waals surface area contributed by atoms with Gasteiger partial charge in [0.1, 0.15) is 6.04 Å². The summed E-state index contributed by atoms with van der Waals surface area (Å²) in [6, 6.07) is 11.1. The lowest BCUT2D eigenvalue weighted by Crippen LogP contribution is -2.32. The van der Waals surface area contributed by atoms with Crippen molar-refractivity contribution in [3.8, 4) is 0 Å². The van der Waals surface area contributed by atoms with Crippen LogP contribution >= 0.6 is 11.8 Å². The van der Waals surface area contributed by atoms with E-state index in [9.17, 15) is 4.79 Å². The van der Waals surface area contributed by atoms with Gasteiger partial charge in [0.15, 0.2) is 0 Å². The molecule has 1 aromatic carbocycles. The highest BCUT2D eigenvalue weighted by molar-refractivity contribution is 7.99. The van der Waals surface area contributed by atoms with E-state index < -0.39 is 6.04 Å². The molecule has 31 heavy (non-hydrogen) atoms. The summed E-state index contributed by atoms with van der Waals surface area (Å²) < 4.78 is 1.77. The van der Waals surface area contributed by atoms with Gasteiger partial charge >= 0.3 is 0 Å². The molecule has 1 amide bonds. The van der Waals surface area contributed by atoms with E-state index in [1.807, 2.05) is 57.2 Å². The van der Waals surface area contributed by atoms with Crippen LogP contribution in [0.4, 0.5) is 11.6 Å². The lowest BCUT2D eigenvalue weighted by molar-refractivity contribution is -0.113. The summed E-state index contributed by atoms with van der Waals surface area (Å²) in [5.74, 6) is 1.37. The largest absolute Gasteiger partial charge is 0.328 e. The Balaban J connectivity index is 1.75. The van der Waals surface area contributed by atoms with Crippen molar-refractivity contribution in [3.05, 3.63) is 70.7 Å². The number of aromatic nitrogens is 4. The van der Waals surface area contributed by atoms with Gasteiger partial charge < -0.3 is 10.6 Å². The van der Waals surface area contributed by atoms with Gasteiger partial charge in [0.25, 0.3) is 5.91 Å². The molecule has 0 fully saturated rings. The van der Waals surface area contributed by atoms with Gasteiger partial charge in [-0.3, -0.25) is 9.78 Å². The fourth-order valence-corrected chi connectivity index (χ4v) is 4.25. The first kappa shape index (κ1) is 21.1. The monoisotopic (exact) mass is 434 g/mol. The van der Waals surface area contributed by atoms with Crippen LogP contribution in [-0.2, 0) is 4.79 Å². The summed E-state index contributed by atoms with van der Waals surface area (Å²) in [7, 11) is 0. The third kappa shape index (κ3) is 4.20. The van der Waals surface area contributed by atoms with Crippen molar-refractivity contribution in [3.63, 3.8) is 0 Å². The molecule has 1 aliphatic rings. The minimum atomic E-state index is -0.467. The van der Waals surface area contributed by atoms with E-state index in [0.29, 0.717) is 16.7 Å². The Morgan fingerprint density at radius 3 is 2.77 bits per heavy atom. The first-order valence-electron chi connectivity index (χ1n) is 10.3. The number of aryl methyl sites for hydroxylation is 1. The molecule has 0 saturated carbocycles. The zero-order valence-corrected chi connectivity index (χ0v) is 19.0. The maximum atomic E-state index is 13.5. The van der Waals surface area contributed by atoms with Crippen molar-refractivity contribution in [2.24, 2.45) is 0 Å². The Kier molecular flexibility index (Phi) is 6.08. The lowest BCUT2D eigenvalue weighted by atomic mass is 9.98. The Morgan fingerprint density at radius 1 is 1.19 bits per heavy atom. The molecule has 1 atom stereocenters. The number of anilines is 2. The van der Waals surface area contributed by atoms with Crippen LogP contribution < -0.4 is 10.6 Å². The molecule has 7 nitrogen and oxygen atoms in total. The number of thioether (sulfide) groups is 1. The van der Waals surface area contributed by atoms with Crippen molar-refractivity contribution in [2.45, 2.75) is 45.3 Å². The van der Waals surface area contributed by atoms with Crippen molar-refractivity contribution >= 4 is 29.3 Å². The number of carbonyl (C=O) groups is 1. The number of carbonyl (C=O) groups excluding carboxylic acids is 1. The van der Waals surface area contributed by atoms with E-state index in [2.05, 4.69) is 27.5 Å². The highest BCUT2D eigenvalue weighted by Crippen LogP contribution is 2.36. The van der Waals surface area contributed by atoms with Crippen molar-refractivity contribution in [1.29, 1.82) is 0 Å². The van der Waals surface area contributed by atoms with Crippen LogP contribution in [0.15, 0.2) is 59.0 Å². The number of hydrogen-bond donors (Lipinski definition) is 2. The summed E-state index contributed by atoms with van der Waals surface area (Å²) in [4.78, 5) is 22.7. The molecule has 0 bridgehead atoms. The van der Waals surface area contributed by atoms with Gasteiger partial charge in [-0.1, -0.05) is 36.9 Å². The minimum Gasteiger partial charge on any atom is -0.328 e. The SMILES string of the molecule is CCCSc1nc2n(n1)C(c1ccccn1)C(C(=O)Nc1cccc(C)c1C)=C(C)N2. The van der Waals surface area contributed by atoms with Gasteiger partial charge in [0.2, 0.25) is 11.1 Å². The van der Waals surface area contributed by atoms with E-state index in [1.54, 1.807) is 22.6 Å². The van der Waals surface area contributed by atoms with Gasteiger partial charge in [-0.2, -0.15) is 4.98 Å². The summed E-state index contributed by atoms with van der Waals surface area (Å²) in [5.41, 5.74) is 5.03. The number of hydrogen-bond acceptors (Lipinski definition) is 6. The first-order chi connectivity index (χ1) is 15.0. The van der Waals surface area contributed by atoms with E-state index in [1.165, 1.54) is 0 Å². The molecule has 0 aliphatic carbocycles. The topological polar surface area (TPSA) is 84.7 Å². The highest BCUT2D eigenvalue weighted by Gasteiger charge is 2.35. The molecule has 0 saturated heterocycles. The molecule has 4 rings (SSSR count). The van der Waals surface area contributed by atoms with E-state index in [0.717, 1.165) is 40.4 Å². The molecule has 0 spiro atoms. The van der Waals surface area contributed by atoms with Crippen LogP contribution in [0, 0.1) is 13.8 Å². The Labute approximate surface area is 186 Å². The fourth-order valence-electron chi connectivity index (χ4n) is 3.57. The van der Waals surface area contributed by atoms with E-state index in [-0.39, 0.29) is 5.91 Å². The molecule has 3 aromatic rings. The second kappa shape index (κ2) is 8.93. The molecule has 2 aromatic heterocycles. The maximum absolute atomic E-state index is 13.5. The van der Waals surface area contributed by atoms with Crippen LogP contribution in [0.3, 0.4) is 0 Å². The van der Waals surface area contributed by atoms with Crippen LogP contribution in [0.5, 0.6) is 0 Å². The van der Waals surface area contributed by atoms with Gasteiger partial charge in [0, 0.05) is 23.3 Å². The average molecular weight is 435 g/mol. The Bertz CT molecular complexity index is 1140. The molecular weight excluding hydrogens is 408 g/mol. The zero-order chi connectivity index (χ0) is 22.0. The number of allylic oxidation sites excluding steroid dienone is 1. The smallest absolute Gasteiger partial charge is 0.255 e. The fraction of sp³-hybridized carbons (Fsp3) is 0.304. The standard InChI is InChI=1S/C23H26N6OS/c1-5-13-31-23-27-22-25-16(4)19(20(29(22)28-23)18-10-6-7-12-24-18)21(30)26-17-11-8-9-14(2)15(17)3/h6-12,20H,5,13H2,1-4H3,(H,26,30)(H,25,27,28). The third-order valence-corrected chi connectivity index (χ3v) is 6.38. The van der Waals surface area contributed by atoms with Gasteiger partial charge in [0.05, 0.1) is 11.3 Å². The summed E-state index contributed by atoms with van der Waals surface area (Å²) in [6.07, 6.45) is 2.77. The maximum Gasteiger partial charge on any atom is 0.255 e. The molecule has 1 unspecified atom stereocenters. The van der Waals surface area contributed by atoms with Crippen molar-refractivity contribution < 1.29 is 4.79 Å². The minimum absolute atomic E-state index is 0.182. The van der Waals surface area contributed by atoms with E-state index in [4.69, 9.17) is 5.10 Å². The number of rotatable bonds is 6. The van der Waals surface area contributed by atoms with Crippen LogP contribution in [-0.4, -0.2) is 31.4 Å². The van der Waals surface area contributed by atoms with Crippen LogP contribution in [0.25, 0.3) is 0 Å². The first-order valence-corrected chi connectivity index (χ1v) is 11.3. The Hall–Kier alpha value is -3.13. The van der Waals surface area contributed by atoms with Gasteiger partial charge in [-0.05, 0) is 56.5 Å². The normalized spacial score (nSPS) is 15.4. The number of nitrogens with zero attached hydrogens (tertiary/aromatic N) is 4. The van der Waals surface area contributed by atoms with Crippen LogP contribution in [0.2, 0.25) is 0 Å². The van der Waals surface area contributed by atoms with E-state index >= 15 is 0 Å². The predicted molar refractivity (Wildman–Crippen MR) is 124 cm³/mol. The third-order valence-electron chi connectivity index (χ3n) is 5.33. The lowest BCUT2D eigenvalue weighted by Gasteiger charge is -2.28. The number of benzene rings is 1. The molecule has 160 valence electrons. The number of pyridine rings is 1. The molecular formula is C23H26N6OS. The molecule has 2 N–H and O–H groups in total. The summed E-state index contributed by atoms with van der Waals surface area (Å²) in [5, 5.41) is 11.8. The highest BCUT2D eigenvalue weighted by atomic mass is 32.2. The quantitative estimate of drug-likeness (QED) is 0.546. The molecule has 1 aliphatic heterocycles. The molecule has 8 heteroatoms. The second-order valence-corrected chi connectivity index (χ2v) is 8.60. The van der Waals surface area contributed by atoms with Gasteiger partial charge in [-0.15, -0.1) is 5.10 Å². The average Bonchev–Trinajstić information content (AvgIpc) is 3.17. The van der Waals surface area contributed by atoms with Crippen molar-refractivity contribution in [1.82, 2.24) is 19.7 Å². The predicted octanol–water partition coefficient (Wildman–Crippen LogP) is 4.72. The van der Waals surface area contributed by atoms with Crippen LogP contribution in [0.1, 0.15) is 43.1 Å². The molecule has 0 radical (unpaired) electrons.